The summed E-state index contributed by atoms with van der Waals surface area (Å²) >= 11 is 0. The Bertz CT molecular complexity index is 823. The molecule has 0 atom stereocenters. The molecule has 2 N–H and O–H groups in total. The fourth-order valence-electron chi connectivity index (χ4n) is 3.17. The minimum atomic E-state index is -1.02. The van der Waals surface area contributed by atoms with Gasteiger partial charge in [-0.25, -0.2) is 13.8 Å². The Hall–Kier alpha value is -2.77. The smallest absolute Gasteiger partial charge is 0.251 e. The summed E-state index contributed by atoms with van der Waals surface area (Å²) in [6, 6.07) is 3.36. The molecule has 144 valence electrons. The Morgan fingerprint density at radius 3 is 2.52 bits per heavy atom. The molecule has 0 spiro atoms. The minimum absolute atomic E-state index is 0.00265. The van der Waals surface area contributed by atoms with Gasteiger partial charge in [0.25, 0.3) is 5.91 Å². The molecule has 1 amide bonds. The van der Waals surface area contributed by atoms with Gasteiger partial charge in [-0.1, -0.05) is 0 Å². The number of rotatable bonds is 5. The van der Waals surface area contributed by atoms with Crippen molar-refractivity contribution in [3.63, 3.8) is 0 Å². The normalized spacial score (nSPS) is 19.4. The maximum atomic E-state index is 13.3. The average molecular weight is 376 g/mol. The van der Waals surface area contributed by atoms with Gasteiger partial charge in [-0.3, -0.25) is 4.79 Å². The van der Waals surface area contributed by atoms with Crippen LogP contribution in [-0.2, 0) is 0 Å². The van der Waals surface area contributed by atoms with Crippen molar-refractivity contribution in [2.24, 2.45) is 0 Å². The Balaban J connectivity index is 1.51. The number of hydrogen-bond donors (Lipinski definition) is 2. The standard InChI is InChI=1S/C19H22F2N4O2/c1-11-10-22-19(25-18(11)27-2)24-14-6-4-13(5-7-14)23-17(26)12-3-8-15(20)16(21)9-12/h3,8-10,13-14H,4-7H2,1-2H3,(H,23,26)(H,22,24,25). The van der Waals surface area contributed by atoms with Gasteiger partial charge < -0.3 is 15.4 Å². The van der Waals surface area contributed by atoms with Gasteiger partial charge in [0.1, 0.15) is 0 Å². The van der Waals surface area contributed by atoms with Crippen molar-refractivity contribution < 1.29 is 18.3 Å². The highest BCUT2D eigenvalue weighted by Crippen LogP contribution is 2.23. The van der Waals surface area contributed by atoms with E-state index in [1.54, 1.807) is 13.3 Å². The van der Waals surface area contributed by atoms with Crippen LogP contribution in [0.4, 0.5) is 14.7 Å². The molecule has 3 rings (SSSR count). The topological polar surface area (TPSA) is 76.1 Å². The van der Waals surface area contributed by atoms with Crippen LogP contribution in [0.5, 0.6) is 5.88 Å². The number of ether oxygens (including phenoxy) is 1. The molecular weight excluding hydrogens is 354 g/mol. The van der Waals surface area contributed by atoms with Gasteiger partial charge in [-0.05, 0) is 50.8 Å². The Morgan fingerprint density at radius 2 is 1.85 bits per heavy atom. The molecule has 0 radical (unpaired) electrons. The van der Waals surface area contributed by atoms with Crippen molar-refractivity contribution in [1.29, 1.82) is 0 Å². The van der Waals surface area contributed by atoms with Crippen LogP contribution in [0.3, 0.4) is 0 Å². The number of hydrogen-bond acceptors (Lipinski definition) is 5. The molecule has 1 saturated carbocycles. The summed E-state index contributed by atoms with van der Waals surface area (Å²) < 4.78 is 31.5. The van der Waals surface area contributed by atoms with E-state index >= 15 is 0 Å². The zero-order chi connectivity index (χ0) is 19.4. The van der Waals surface area contributed by atoms with E-state index in [9.17, 15) is 13.6 Å². The van der Waals surface area contributed by atoms with Crippen LogP contribution in [0.25, 0.3) is 0 Å². The summed E-state index contributed by atoms with van der Waals surface area (Å²) in [5.41, 5.74) is 0.987. The van der Waals surface area contributed by atoms with Crippen LogP contribution in [0.2, 0.25) is 0 Å². The van der Waals surface area contributed by atoms with Crippen LogP contribution in [0.1, 0.15) is 41.6 Å². The largest absolute Gasteiger partial charge is 0.481 e. The summed E-state index contributed by atoms with van der Waals surface area (Å²) in [7, 11) is 1.57. The predicted octanol–water partition coefficient (Wildman–Crippen LogP) is 3.22. The number of aryl methyl sites for hydroxylation is 1. The highest BCUT2D eigenvalue weighted by Gasteiger charge is 2.23. The van der Waals surface area contributed by atoms with Gasteiger partial charge in [0.15, 0.2) is 11.6 Å². The zero-order valence-corrected chi connectivity index (χ0v) is 15.3. The van der Waals surface area contributed by atoms with Crippen molar-refractivity contribution in [2.45, 2.75) is 44.7 Å². The number of nitrogens with zero attached hydrogens (tertiary/aromatic N) is 2. The Morgan fingerprint density at radius 1 is 1.15 bits per heavy atom. The number of nitrogens with one attached hydrogen (secondary N) is 2. The van der Waals surface area contributed by atoms with Gasteiger partial charge >= 0.3 is 0 Å². The molecule has 0 unspecified atom stereocenters. The van der Waals surface area contributed by atoms with E-state index in [4.69, 9.17) is 4.74 Å². The monoisotopic (exact) mass is 376 g/mol. The van der Waals surface area contributed by atoms with Crippen molar-refractivity contribution in [3.8, 4) is 5.88 Å². The number of methoxy groups -OCH3 is 1. The highest BCUT2D eigenvalue weighted by atomic mass is 19.2. The number of anilines is 1. The first-order valence-corrected chi connectivity index (χ1v) is 8.86. The lowest BCUT2D eigenvalue weighted by Gasteiger charge is -2.29. The molecule has 0 saturated heterocycles. The van der Waals surface area contributed by atoms with Gasteiger partial charge in [-0.15, -0.1) is 0 Å². The quantitative estimate of drug-likeness (QED) is 0.838. The first-order chi connectivity index (χ1) is 13.0. The Kier molecular flexibility index (Phi) is 5.83. The number of carbonyl (C=O) groups is 1. The van der Waals surface area contributed by atoms with Crippen molar-refractivity contribution in [3.05, 3.63) is 47.2 Å². The summed E-state index contributed by atoms with van der Waals surface area (Å²) in [4.78, 5) is 20.8. The molecule has 0 aliphatic heterocycles. The molecule has 1 aromatic heterocycles. The molecular formula is C19H22F2N4O2. The molecule has 27 heavy (non-hydrogen) atoms. The predicted molar refractivity (Wildman–Crippen MR) is 96.8 cm³/mol. The highest BCUT2D eigenvalue weighted by molar-refractivity contribution is 5.94. The molecule has 8 heteroatoms. The maximum absolute atomic E-state index is 13.3. The van der Waals surface area contributed by atoms with Gasteiger partial charge in [0, 0.05) is 29.4 Å². The van der Waals surface area contributed by atoms with Crippen molar-refractivity contribution in [2.75, 3.05) is 12.4 Å². The van der Waals surface area contributed by atoms with Crippen LogP contribution < -0.4 is 15.4 Å². The molecule has 1 fully saturated rings. The SMILES string of the molecule is COc1nc(NC2CCC(NC(=O)c3ccc(F)c(F)c3)CC2)ncc1C. The third-order valence-corrected chi connectivity index (χ3v) is 4.70. The van der Waals surface area contributed by atoms with E-state index in [2.05, 4.69) is 20.6 Å². The minimum Gasteiger partial charge on any atom is -0.481 e. The number of amides is 1. The summed E-state index contributed by atoms with van der Waals surface area (Å²) in [6.07, 6.45) is 4.93. The number of halogens is 2. The third-order valence-electron chi connectivity index (χ3n) is 4.70. The Labute approximate surface area is 156 Å². The molecule has 0 bridgehead atoms. The second kappa shape index (κ2) is 8.28. The zero-order valence-electron chi connectivity index (χ0n) is 15.3. The lowest BCUT2D eigenvalue weighted by molar-refractivity contribution is 0.0926. The molecule has 1 aromatic carbocycles. The first kappa shape index (κ1) is 19.0. The van der Waals surface area contributed by atoms with E-state index < -0.39 is 17.5 Å². The second-order valence-corrected chi connectivity index (χ2v) is 6.68. The molecule has 1 aliphatic rings. The summed E-state index contributed by atoms with van der Waals surface area (Å²) in [5, 5.41) is 6.18. The summed E-state index contributed by atoms with van der Waals surface area (Å²) in [6.45, 7) is 1.88. The summed E-state index contributed by atoms with van der Waals surface area (Å²) in [5.74, 6) is -1.32. The van der Waals surface area contributed by atoms with Crippen molar-refractivity contribution >= 4 is 11.9 Å². The molecule has 6 nitrogen and oxygen atoms in total. The number of benzene rings is 1. The van der Waals surface area contributed by atoms with Crippen molar-refractivity contribution in [1.82, 2.24) is 15.3 Å². The van der Waals surface area contributed by atoms with Crippen LogP contribution in [-0.4, -0.2) is 35.1 Å². The lowest BCUT2D eigenvalue weighted by Crippen LogP contribution is -2.40. The third kappa shape index (κ3) is 4.69. The first-order valence-electron chi connectivity index (χ1n) is 8.86. The van der Waals surface area contributed by atoms with E-state index in [-0.39, 0.29) is 17.6 Å². The lowest BCUT2D eigenvalue weighted by atomic mass is 9.91. The van der Waals surface area contributed by atoms with Crippen LogP contribution in [0, 0.1) is 18.6 Å². The second-order valence-electron chi connectivity index (χ2n) is 6.68. The fourth-order valence-corrected chi connectivity index (χ4v) is 3.17. The number of aromatic nitrogens is 2. The van der Waals surface area contributed by atoms with E-state index in [1.165, 1.54) is 6.07 Å². The van der Waals surface area contributed by atoms with Crippen LogP contribution in [0.15, 0.2) is 24.4 Å². The van der Waals surface area contributed by atoms with Gasteiger partial charge in [0.2, 0.25) is 11.8 Å². The van der Waals surface area contributed by atoms with E-state index in [1.807, 2.05) is 6.92 Å². The van der Waals surface area contributed by atoms with Gasteiger partial charge in [-0.2, -0.15) is 4.98 Å². The maximum Gasteiger partial charge on any atom is 0.251 e. The fraction of sp³-hybridized carbons (Fsp3) is 0.421. The van der Waals surface area contributed by atoms with E-state index in [0.29, 0.717) is 11.8 Å². The molecule has 1 heterocycles. The van der Waals surface area contributed by atoms with E-state index in [0.717, 1.165) is 43.4 Å². The average Bonchev–Trinajstić information content (AvgIpc) is 2.67. The van der Waals surface area contributed by atoms with Crippen LogP contribution >= 0.6 is 0 Å². The molecule has 2 aromatic rings. The number of carbonyl (C=O) groups excluding carboxylic acids is 1. The molecule has 1 aliphatic carbocycles. The van der Waals surface area contributed by atoms with Gasteiger partial charge in [0.05, 0.1) is 7.11 Å².